The number of carbonyl (C=O) groups is 1. The minimum absolute atomic E-state index is 0.268. The van der Waals surface area contributed by atoms with Gasteiger partial charge in [0.2, 0.25) is 5.91 Å². The fraction of sp³-hybridized carbons (Fsp3) is 0.111. The molecule has 0 saturated carbocycles. The molecule has 1 heterocycles. The summed E-state index contributed by atoms with van der Waals surface area (Å²) in [7, 11) is 1.59. The Bertz CT molecular complexity index is 983. The molecular weight excluding hydrogens is 306 g/mol. The third-order valence-corrected chi connectivity index (χ3v) is 3.58. The Morgan fingerprint density at radius 2 is 1.92 bits per heavy atom. The predicted molar refractivity (Wildman–Crippen MR) is 94.3 cm³/mol. The van der Waals surface area contributed by atoms with Crippen molar-refractivity contribution >= 4 is 28.7 Å². The molecule has 0 aliphatic rings. The molecule has 2 aromatic carbocycles. The lowest BCUT2D eigenvalue weighted by molar-refractivity contribution is -0.111. The van der Waals surface area contributed by atoms with Gasteiger partial charge in [0, 0.05) is 17.3 Å². The number of anilines is 1. The summed E-state index contributed by atoms with van der Waals surface area (Å²) in [4.78, 5) is 28.6. The van der Waals surface area contributed by atoms with E-state index in [0.29, 0.717) is 22.5 Å². The Morgan fingerprint density at radius 3 is 2.71 bits per heavy atom. The van der Waals surface area contributed by atoms with Crippen LogP contribution in [0.15, 0.2) is 47.3 Å². The van der Waals surface area contributed by atoms with Gasteiger partial charge in [-0.25, -0.2) is 4.79 Å². The average Bonchev–Trinajstić information content (AvgIpc) is 2.92. The van der Waals surface area contributed by atoms with Gasteiger partial charge in [0.15, 0.2) is 0 Å². The van der Waals surface area contributed by atoms with E-state index in [2.05, 4.69) is 15.3 Å². The van der Waals surface area contributed by atoms with Crippen LogP contribution in [0.25, 0.3) is 17.1 Å². The van der Waals surface area contributed by atoms with Crippen molar-refractivity contribution < 1.29 is 9.53 Å². The van der Waals surface area contributed by atoms with E-state index in [9.17, 15) is 9.59 Å². The standard InChI is InChI=1S/C18H17N3O3/c1-11-3-7-16(24-2)12(9-11)4-8-17(22)19-13-5-6-14-15(10-13)21-18(23)20-14/h3-10H,1-2H3,(H,19,22)(H2,20,21,23)/b8-4+. The number of H-pyrrole nitrogens is 2. The third-order valence-electron chi connectivity index (χ3n) is 3.58. The van der Waals surface area contributed by atoms with Gasteiger partial charge >= 0.3 is 5.69 Å². The summed E-state index contributed by atoms with van der Waals surface area (Å²) < 4.78 is 5.28. The first-order valence-electron chi connectivity index (χ1n) is 7.41. The monoisotopic (exact) mass is 323 g/mol. The van der Waals surface area contributed by atoms with Crippen molar-refractivity contribution in [3.05, 3.63) is 64.1 Å². The lowest BCUT2D eigenvalue weighted by Crippen LogP contribution is -2.07. The first kappa shape index (κ1) is 15.6. The number of imidazole rings is 1. The summed E-state index contributed by atoms with van der Waals surface area (Å²) in [5.74, 6) is 0.437. The molecular formula is C18H17N3O3. The summed E-state index contributed by atoms with van der Waals surface area (Å²) in [6.45, 7) is 1.98. The number of hydrogen-bond donors (Lipinski definition) is 3. The van der Waals surface area contributed by atoms with Crippen LogP contribution in [0.1, 0.15) is 11.1 Å². The maximum Gasteiger partial charge on any atom is 0.323 e. The van der Waals surface area contributed by atoms with Gasteiger partial charge in [0.1, 0.15) is 5.75 Å². The van der Waals surface area contributed by atoms with Crippen molar-refractivity contribution in [2.45, 2.75) is 6.92 Å². The smallest absolute Gasteiger partial charge is 0.323 e. The van der Waals surface area contributed by atoms with Crippen molar-refractivity contribution in [2.75, 3.05) is 12.4 Å². The zero-order valence-electron chi connectivity index (χ0n) is 13.3. The van der Waals surface area contributed by atoms with Crippen LogP contribution < -0.4 is 15.7 Å². The minimum Gasteiger partial charge on any atom is -0.496 e. The number of fused-ring (bicyclic) bond motifs is 1. The topological polar surface area (TPSA) is 87.0 Å². The van der Waals surface area contributed by atoms with Crippen LogP contribution in [0.5, 0.6) is 5.75 Å². The average molecular weight is 323 g/mol. The van der Waals surface area contributed by atoms with Gasteiger partial charge in [-0.3, -0.25) is 4.79 Å². The number of aryl methyl sites for hydroxylation is 1. The molecule has 0 aliphatic carbocycles. The van der Waals surface area contributed by atoms with Crippen LogP contribution in [0.2, 0.25) is 0 Å². The van der Waals surface area contributed by atoms with Gasteiger partial charge in [-0.05, 0) is 43.3 Å². The molecule has 6 nitrogen and oxygen atoms in total. The number of rotatable bonds is 4. The first-order chi connectivity index (χ1) is 11.5. The Labute approximate surface area is 138 Å². The minimum atomic E-state index is -0.278. The largest absolute Gasteiger partial charge is 0.496 e. The molecule has 0 aliphatic heterocycles. The highest BCUT2D eigenvalue weighted by Crippen LogP contribution is 2.21. The molecule has 0 radical (unpaired) electrons. The molecule has 1 aromatic heterocycles. The van der Waals surface area contributed by atoms with Crippen molar-refractivity contribution in [2.24, 2.45) is 0 Å². The molecule has 3 aromatic rings. The van der Waals surface area contributed by atoms with Crippen molar-refractivity contribution in [3.8, 4) is 5.75 Å². The zero-order valence-corrected chi connectivity index (χ0v) is 13.3. The highest BCUT2D eigenvalue weighted by atomic mass is 16.5. The van der Waals surface area contributed by atoms with E-state index >= 15 is 0 Å². The molecule has 3 N–H and O–H groups in total. The van der Waals surface area contributed by atoms with Crippen molar-refractivity contribution in [3.63, 3.8) is 0 Å². The van der Waals surface area contributed by atoms with Gasteiger partial charge in [0.05, 0.1) is 18.1 Å². The van der Waals surface area contributed by atoms with E-state index < -0.39 is 0 Å². The van der Waals surface area contributed by atoms with Gasteiger partial charge in [-0.1, -0.05) is 11.6 Å². The summed E-state index contributed by atoms with van der Waals surface area (Å²) in [6, 6.07) is 10.9. The second kappa shape index (κ2) is 6.45. The molecule has 1 amide bonds. The molecule has 3 rings (SSSR count). The van der Waals surface area contributed by atoms with Crippen LogP contribution in [0, 0.1) is 6.92 Å². The van der Waals surface area contributed by atoms with Crippen molar-refractivity contribution in [1.82, 2.24) is 9.97 Å². The Balaban J connectivity index is 1.76. The number of methoxy groups -OCH3 is 1. The molecule has 0 atom stereocenters. The SMILES string of the molecule is COc1ccc(C)cc1/C=C/C(=O)Nc1ccc2[nH]c(=O)[nH]c2c1. The molecule has 0 bridgehead atoms. The Hall–Kier alpha value is -3.28. The number of nitrogens with one attached hydrogen (secondary N) is 3. The fourth-order valence-electron chi connectivity index (χ4n) is 2.44. The number of carbonyl (C=O) groups excluding carboxylic acids is 1. The van der Waals surface area contributed by atoms with E-state index in [0.717, 1.165) is 11.1 Å². The lowest BCUT2D eigenvalue weighted by atomic mass is 10.1. The van der Waals surface area contributed by atoms with E-state index in [1.54, 1.807) is 31.4 Å². The number of ether oxygens (including phenoxy) is 1. The fourth-order valence-corrected chi connectivity index (χ4v) is 2.44. The number of amides is 1. The van der Waals surface area contributed by atoms with Crippen LogP contribution in [-0.2, 0) is 4.79 Å². The van der Waals surface area contributed by atoms with Crippen LogP contribution in [-0.4, -0.2) is 23.0 Å². The summed E-state index contributed by atoms with van der Waals surface area (Å²) in [5.41, 5.74) is 3.57. The highest BCUT2D eigenvalue weighted by Gasteiger charge is 2.04. The number of benzene rings is 2. The van der Waals surface area contributed by atoms with Crippen LogP contribution in [0.3, 0.4) is 0 Å². The van der Waals surface area contributed by atoms with E-state index in [1.807, 2.05) is 25.1 Å². The maximum absolute atomic E-state index is 12.1. The predicted octanol–water partition coefficient (Wildman–Crippen LogP) is 2.83. The van der Waals surface area contributed by atoms with E-state index in [1.165, 1.54) is 6.08 Å². The van der Waals surface area contributed by atoms with E-state index in [-0.39, 0.29) is 11.6 Å². The highest BCUT2D eigenvalue weighted by molar-refractivity contribution is 6.02. The summed E-state index contributed by atoms with van der Waals surface area (Å²) >= 11 is 0. The lowest BCUT2D eigenvalue weighted by Gasteiger charge is -2.06. The van der Waals surface area contributed by atoms with Crippen LogP contribution in [0.4, 0.5) is 5.69 Å². The number of aromatic amines is 2. The number of hydrogen-bond acceptors (Lipinski definition) is 3. The van der Waals surface area contributed by atoms with Gasteiger partial charge in [0.25, 0.3) is 0 Å². The van der Waals surface area contributed by atoms with Gasteiger partial charge in [-0.2, -0.15) is 0 Å². The molecule has 0 unspecified atom stereocenters. The Morgan fingerprint density at radius 1 is 1.12 bits per heavy atom. The second-order valence-corrected chi connectivity index (χ2v) is 5.41. The molecule has 122 valence electrons. The van der Waals surface area contributed by atoms with Crippen LogP contribution >= 0.6 is 0 Å². The maximum atomic E-state index is 12.1. The molecule has 6 heteroatoms. The molecule has 0 spiro atoms. The second-order valence-electron chi connectivity index (χ2n) is 5.41. The molecule has 0 saturated heterocycles. The number of aromatic nitrogens is 2. The van der Waals surface area contributed by atoms with E-state index in [4.69, 9.17) is 4.74 Å². The normalized spacial score (nSPS) is 11.1. The molecule has 0 fully saturated rings. The quantitative estimate of drug-likeness (QED) is 0.645. The molecule has 24 heavy (non-hydrogen) atoms. The third kappa shape index (κ3) is 3.38. The van der Waals surface area contributed by atoms with Gasteiger partial charge < -0.3 is 20.0 Å². The van der Waals surface area contributed by atoms with Crippen molar-refractivity contribution in [1.29, 1.82) is 0 Å². The van der Waals surface area contributed by atoms with Gasteiger partial charge in [-0.15, -0.1) is 0 Å². The Kier molecular flexibility index (Phi) is 4.20. The zero-order chi connectivity index (χ0) is 17.1. The first-order valence-corrected chi connectivity index (χ1v) is 7.41. The summed E-state index contributed by atoms with van der Waals surface area (Å²) in [6.07, 6.45) is 3.15. The summed E-state index contributed by atoms with van der Waals surface area (Å²) in [5, 5.41) is 2.76.